The summed E-state index contributed by atoms with van der Waals surface area (Å²) in [4.78, 5) is 2.77. The van der Waals surface area contributed by atoms with E-state index in [0.717, 1.165) is 48.2 Å². The Morgan fingerprint density at radius 2 is 1.26 bits per heavy atom. The number of nitrogens with zero attached hydrogens (tertiary/aromatic N) is 2. The van der Waals surface area contributed by atoms with Crippen molar-refractivity contribution in [3.8, 4) is 0 Å². The van der Waals surface area contributed by atoms with Gasteiger partial charge < -0.3 is 4.90 Å². The van der Waals surface area contributed by atoms with Gasteiger partial charge in [-0.25, -0.2) is 8.42 Å². The fourth-order valence-electron chi connectivity index (χ4n) is 3.55. The molecule has 0 unspecified atom stereocenters. The Morgan fingerprint density at radius 1 is 0.870 bits per heavy atom. The molecule has 1 heterocycles. The highest BCUT2D eigenvalue weighted by Crippen LogP contribution is 2.32. The lowest BCUT2D eigenvalue weighted by Crippen LogP contribution is -2.44. The van der Waals surface area contributed by atoms with E-state index >= 15 is 0 Å². The van der Waals surface area contributed by atoms with Crippen LogP contribution in [0.15, 0.2) is 4.90 Å². The number of sulfonamides is 1. The van der Waals surface area contributed by atoms with Crippen molar-refractivity contribution in [2.75, 3.05) is 27.2 Å². The number of hydrogen-bond donors (Lipinski definition) is 0. The van der Waals surface area contributed by atoms with Gasteiger partial charge in [-0.15, -0.1) is 0 Å². The van der Waals surface area contributed by atoms with Crippen molar-refractivity contribution in [2.24, 2.45) is 0 Å². The van der Waals surface area contributed by atoms with Crippen LogP contribution in [0, 0.1) is 34.6 Å². The Kier molecular flexibility index (Phi) is 5.24. The van der Waals surface area contributed by atoms with E-state index < -0.39 is 10.0 Å². The van der Waals surface area contributed by atoms with Gasteiger partial charge in [-0.05, 0) is 95.4 Å². The van der Waals surface area contributed by atoms with E-state index in [1.165, 1.54) is 5.56 Å². The molecule has 4 nitrogen and oxygen atoms in total. The van der Waals surface area contributed by atoms with Crippen LogP contribution in [0.1, 0.15) is 40.7 Å². The zero-order chi connectivity index (χ0) is 17.5. The molecule has 0 aromatic heterocycles. The SMILES string of the molecule is Cc1c(C)c(C)c(S(=O)(=O)N(C)C2CCN(C)CC2)c(C)c1C. The Bertz CT molecular complexity index is 673. The molecule has 5 heteroatoms. The Morgan fingerprint density at radius 3 is 1.70 bits per heavy atom. The van der Waals surface area contributed by atoms with Crippen molar-refractivity contribution in [1.82, 2.24) is 9.21 Å². The van der Waals surface area contributed by atoms with Gasteiger partial charge in [-0.2, -0.15) is 4.31 Å². The first-order chi connectivity index (χ1) is 10.6. The van der Waals surface area contributed by atoms with Crippen LogP contribution in [0.3, 0.4) is 0 Å². The Hall–Kier alpha value is -0.910. The molecule has 1 aliphatic heterocycles. The minimum atomic E-state index is -3.46. The molecule has 130 valence electrons. The molecule has 1 aliphatic rings. The van der Waals surface area contributed by atoms with Gasteiger partial charge in [0, 0.05) is 13.1 Å². The lowest BCUT2D eigenvalue weighted by molar-refractivity contribution is 0.197. The Balaban J connectivity index is 2.48. The highest BCUT2D eigenvalue weighted by molar-refractivity contribution is 7.89. The highest BCUT2D eigenvalue weighted by Gasteiger charge is 2.33. The maximum Gasteiger partial charge on any atom is 0.243 e. The van der Waals surface area contributed by atoms with E-state index in [-0.39, 0.29) is 6.04 Å². The molecule has 0 N–H and O–H groups in total. The molecule has 1 aromatic carbocycles. The summed E-state index contributed by atoms with van der Waals surface area (Å²) >= 11 is 0. The monoisotopic (exact) mass is 338 g/mol. The van der Waals surface area contributed by atoms with Crippen LogP contribution < -0.4 is 0 Å². The average Bonchev–Trinajstić information content (AvgIpc) is 2.51. The topological polar surface area (TPSA) is 40.6 Å². The predicted octanol–water partition coefficient (Wildman–Crippen LogP) is 2.94. The summed E-state index contributed by atoms with van der Waals surface area (Å²) in [6, 6.07) is 0.0944. The van der Waals surface area contributed by atoms with Gasteiger partial charge >= 0.3 is 0 Å². The number of benzene rings is 1. The molecule has 1 aromatic rings. The van der Waals surface area contributed by atoms with E-state index in [0.29, 0.717) is 4.90 Å². The lowest BCUT2D eigenvalue weighted by atomic mass is 9.95. The molecule has 0 bridgehead atoms. The van der Waals surface area contributed by atoms with E-state index in [1.54, 1.807) is 11.4 Å². The fourth-order valence-corrected chi connectivity index (χ4v) is 5.52. The number of rotatable bonds is 3. The van der Waals surface area contributed by atoms with Crippen molar-refractivity contribution in [2.45, 2.75) is 58.4 Å². The largest absolute Gasteiger partial charge is 0.306 e. The van der Waals surface area contributed by atoms with Crippen LogP contribution in [0.4, 0.5) is 0 Å². The molecule has 2 rings (SSSR count). The normalized spacial score (nSPS) is 17.9. The first-order valence-electron chi connectivity index (χ1n) is 8.32. The van der Waals surface area contributed by atoms with Crippen LogP contribution in [0.2, 0.25) is 0 Å². The summed E-state index contributed by atoms with van der Waals surface area (Å²) in [5, 5.41) is 0. The number of hydrogen-bond acceptors (Lipinski definition) is 3. The Labute approximate surface area is 141 Å². The molecule has 0 radical (unpaired) electrons. The minimum Gasteiger partial charge on any atom is -0.306 e. The second kappa shape index (κ2) is 6.54. The molecular weight excluding hydrogens is 308 g/mol. The van der Waals surface area contributed by atoms with E-state index in [2.05, 4.69) is 18.9 Å². The fraction of sp³-hybridized carbons (Fsp3) is 0.667. The second-order valence-electron chi connectivity index (χ2n) is 7.01. The third-order valence-electron chi connectivity index (χ3n) is 5.77. The van der Waals surface area contributed by atoms with Gasteiger partial charge in [0.1, 0.15) is 0 Å². The molecule has 0 saturated carbocycles. The van der Waals surface area contributed by atoms with Crippen LogP contribution in [0.5, 0.6) is 0 Å². The summed E-state index contributed by atoms with van der Waals surface area (Å²) < 4.78 is 28.2. The number of piperidine rings is 1. The van der Waals surface area contributed by atoms with Crippen LogP contribution in [-0.2, 0) is 10.0 Å². The van der Waals surface area contributed by atoms with Gasteiger partial charge in [0.25, 0.3) is 0 Å². The van der Waals surface area contributed by atoms with Crippen LogP contribution in [-0.4, -0.2) is 50.8 Å². The lowest BCUT2D eigenvalue weighted by Gasteiger charge is -2.35. The van der Waals surface area contributed by atoms with Gasteiger partial charge in [0.2, 0.25) is 10.0 Å². The van der Waals surface area contributed by atoms with Gasteiger partial charge in [-0.1, -0.05) is 0 Å². The number of likely N-dealkylation sites (tertiary alicyclic amines) is 1. The second-order valence-corrected chi connectivity index (χ2v) is 8.94. The van der Waals surface area contributed by atoms with Crippen molar-refractivity contribution in [1.29, 1.82) is 0 Å². The first kappa shape index (κ1) is 18.4. The van der Waals surface area contributed by atoms with Gasteiger partial charge in [0.15, 0.2) is 0 Å². The molecule has 0 atom stereocenters. The van der Waals surface area contributed by atoms with Crippen LogP contribution in [0.25, 0.3) is 0 Å². The summed E-state index contributed by atoms with van der Waals surface area (Å²) in [5.41, 5.74) is 5.16. The third-order valence-corrected chi connectivity index (χ3v) is 7.96. The molecule has 0 amide bonds. The van der Waals surface area contributed by atoms with Crippen molar-refractivity contribution >= 4 is 10.0 Å². The highest BCUT2D eigenvalue weighted by atomic mass is 32.2. The molecule has 1 fully saturated rings. The van der Waals surface area contributed by atoms with Crippen molar-refractivity contribution < 1.29 is 8.42 Å². The molecular formula is C18H30N2O2S. The predicted molar refractivity (Wildman–Crippen MR) is 95.6 cm³/mol. The first-order valence-corrected chi connectivity index (χ1v) is 9.76. The minimum absolute atomic E-state index is 0.0944. The zero-order valence-electron chi connectivity index (χ0n) is 15.5. The van der Waals surface area contributed by atoms with E-state index in [9.17, 15) is 8.42 Å². The molecule has 23 heavy (non-hydrogen) atoms. The van der Waals surface area contributed by atoms with E-state index in [1.807, 2.05) is 27.7 Å². The van der Waals surface area contributed by atoms with Gasteiger partial charge in [0.05, 0.1) is 4.90 Å². The maximum absolute atomic E-state index is 13.3. The summed E-state index contributed by atoms with van der Waals surface area (Å²) in [6.45, 7) is 11.9. The van der Waals surface area contributed by atoms with Gasteiger partial charge in [-0.3, -0.25) is 0 Å². The van der Waals surface area contributed by atoms with E-state index in [4.69, 9.17) is 0 Å². The molecule has 0 spiro atoms. The standard InChI is InChI=1S/C18H30N2O2S/c1-12-13(2)15(4)18(16(5)14(12)3)23(21,22)20(7)17-8-10-19(6)11-9-17/h17H,8-11H2,1-7H3. The average molecular weight is 339 g/mol. The van der Waals surface area contributed by atoms with Crippen molar-refractivity contribution in [3.05, 3.63) is 27.8 Å². The van der Waals surface area contributed by atoms with Crippen LogP contribution >= 0.6 is 0 Å². The smallest absolute Gasteiger partial charge is 0.243 e. The summed E-state index contributed by atoms with van der Waals surface area (Å²) in [7, 11) is 0.369. The summed E-state index contributed by atoms with van der Waals surface area (Å²) in [5.74, 6) is 0. The molecule has 1 saturated heterocycles. The van der Waals surface area contributed by atoms with Crippen molar-refractivity contribution in [3.63, 3.8) is 0 Å². The maximum atomic E-state index is 13.3. The quantitative estimate of drug-likeness (QED) is 0.851. The zero-order valence-corrected chi connectivity index (χ0v) is 16.3. The third kappa shape index (κ3) is 3.19. The summed E-state index contributed by atoms with van der Waals surface area (Å²) in [6.07, 6.45) is 1.79. The molecule has 0 aliphatic carbocycles.